The number of benzene rings is 1. The SMILES string of the molecule is C#CCn1ccc(-c2ccccc2)c1. The minimum Gasteiger partial charge on any atom is -0.342 e. The molecule has 0 bridgehead atoms. The highest BCUT2D eigenvalue weighted by Crippen LogP contribution is 2.18. The molecule has 0 saturated heterocycles. The molecule has 0 spiro atoms. The molecule has 0 atom stereocenters. The van der Waals surface area contributed by atoms with Crippen LogP contribution in [0.15, 0.2) is 48.8 Å². The fourth-order valence-corrected chi connectivity index (χ4v) is 1.45. The van der Waals surface area contributed by atoms with Crippen molar-refractivity contribution in [2.75, 3.05) is 0 Å². The molecule has 2 rings (SSSR count). The summed E-state index contributed by atoms with van der Waals surface area (Å²) >= 11 is 0. The first-order chi connectivity index (χ1) is 6.90. The number of terminal acetylenes is 1. The van der Waals surface area contributed by atoms with Gasteiger partial charge in [0, 0.05) is 12.4 Å². The molecule has 0 aliphatic rings. The summed E-state index contributed by atoms with van der Waals surface area (Å²) in [5, 5.41) is 0. The van der Waals surface area contributed by atoms with Crippen LogP contribution in [0.1, 0.15) is 0 Å². The lowest BCUT2D eigenvalue weighted by molar-refractivity contribution is 0.852. The minimum absolute atomic E-state index is 0.632. The molecule has 1 aromatic carbocycles. The molecule has 0 N–H and O–H groups in total. The maximum absolute atomic E-state index is 5.24. The summed E-state index contributed by atoms with van der Waals surface area (Å²) in [6.45, 7) is 0.632. The van der Waals surface area contributed by atoms with Gasteiger partial charge in [0.05, 0.1) is 6.54 Å². The Kier molecular flexibility index (Phi) is 2.38. The van der Waals surface area contributed by atoms with Crippen molar-refractivity contribution >= 4 is 0 Å². The summed E-state index contributed by atoms with van der Waals surface area (Å²) in [7, 11) is 0. The Morgan fingerprint density at radius 1 is 1.07 bits per heavy atom. The van der Waals surface area contributed by atoms with Gasteiger partial charge in [-0.1, -0.05) is 36.3 Å². The number of nitrogens with zero attached hydrogens (tertiary/aromatic N) is 1. The summed E-state index contributed by atoms with van der Waals surface area (Å²) in [6.07, 6.45) is 9.30. The number of rotatable bonds is 2. The Morgan fingerprint density at radius 2 is 1.86 bits per heavy atom. The van der Waals surface area contributed by atoms with E-state index in [1.54, 1.807) is 0 Å². The molecule has 0 amide bonds. The predicted molar refractivity (Wildman–Crippen MR) is 58.7 cm³/mol. The van der Waals surface area contributed by atoms with E-state index < -0.39 is 0 Å². The van der Waals surface area contributed by atoms with Gasteiger partial charge in [-0.3, -0.25) is 0 Å². The summed E-state index contributed by atoms with van der Waals surface area (Å²) < 4.78 is 2.00. The molecule has 0 aliphatic carbocycles. The first kappa shape index (κ1) is 8.65. The highest BCUT2D eigenvalue weighted by molar-refractivity contribution is 5.62. The van der Waals surface area contributed by atoms with Gasteiger partial charge in [0.2, 0.25) is 0 Å². The van der Waals surface area contributed by atoms with Crippen molar-refractivity contribution in [3.05, 3.63) is 48.8 Å². The second-order valence-electron chi connectivity index (χ2n) is 3.14. The monoisotopic (exact) mass is 181 g/mol. The summed E-state index contributed by atoms with van der Waals surface area (Å²) in [4.78, 5) is 0. The van der Waals surface area contributed by atoms with Crippen LogP contribution in [0.4, 0.5) is 0 Å². The molecule has 1 heterocycles. The van der Waals surface area contributed by atoms with E-state index in [0.717, 1.165) is 0 Å². The molecule has 0 fully saturated rings. The Balaban J connectivity index is 2.31. The van der Waals surface area contributed by atoms with E-state index in [9.17, 15) is 0 Å². The second kappa shape index (κ2) is 3.85. The molecular weight excluding hydrogens is 170 g/mol. The van der Waals surface area contributed by atoms with Gasteiger partial charge in [-0.2, -0.15) is 0 Å². The smallest absolute Gasteiger partial charge is 0.0829 e. The van der Waals surface area contributed by atoms with E-state index in [1.165, 1.54) is 11.1 Å². The van der Waals surface area contributed by atoms with Crippen molar-refractivity contribution in [3.63, 3.8) is 0 Å². The van der Waals surface area contributed by atoms with Crippen molar-refractivity contribution in [2.45, 2.75) is 6.54 Å². The molecule has 2 aromatic rings. The molecule has 0 aliphatic heterocycles. The van der Waals surface area contributed by atoms with Gasteiger partial charge in [-0.15, -0.1) is 6.42 Å². The van der Waals surface area contributed by atoms with Gasteiger partial charge in [0.25, 0.3) is 0 Å². The van der Waals surface area contributed by atoms with Gasteiger partial charge >= 0.3 is 0 Å². The third kappa shape index (κ3) is 1.70. The number of aromatic nitrogens is 1. The average molecular weight is 181 g/mol. The highest BCUT2D eigenvalue weighted by Gasteiger charge is 1.97. The molecule has 1 aromatic heterocycles. The van der Waals surface area contributed by atoms with E-state index in [2.05, 4.69) is 30.3 Å². The molecule has 68 valence electrons. The van der Waals surface area contributed by atoms with Gasteiger partial charge in [0.15, 0.2) is 0 Å². The van der Waals surface area contributed by atoms with E-state index in [-0.39, 0.29) is 0 Å². The van der Waals surface area contributed by atoms with Crippen LogP contribution in [-0.4, -0.2) is 4.57 Å². The molecule has 1 nitrogen and oxygen atoms in total. The van der Waals surface area contributed by atoms with Crippen molar-refractivity contribution < 1.29 is 0 Å². The fourth-order valence-electron chi connectivity index (χ4n) is 1.45. The minimum atomic E-state index is 0.632. The lowest BCUT2D eigenvalue weighted by atomic mass is 10.1. The summed E-state index contributed by atoms with van der Waals surface area (Å²) in [5.74, 6) is 2.61. The fraction of sp³-hybridized carbons (Fsp3) is 0.0769. The summed E-state index contributed by atoms with van der Waals surface area (Å²) in [6, 6.07) is 12.3. The molecule has 14 heavy (non-hydrogen) atoms. The maximum Gasteiger partial charge on any atom is 0.0829 e. The van der Waals surface area contributed by atoms with Crippen LogP contribution in [0.2, 0.25) is 0 Å². The zero-order chi connectivity index (χ0) is 9.80. The Morgan fingerprint density at radius 3 is 2.57 bits per heavy atom. The normalized spacial score (nSPS) is 9.64. The summed E-state index contributed by atoms with van der Waals surface area (Å²) in [5.41, 5.74) is 2.43. The maximum atomic E-state index is 5.24. The lowest BCUT2D eigenvalue weighted by Gasteiger charge is -1.96. The van der Waals surface area contributed by atoms with Crippen molar-refractivity contribution in [3.8, 4) is 23.5 Å². The molecule has 1 heteroatoms. The van der Waals surface area contributed by atoms with Crippen molar-refractivity contribution in [1.29, 1.82) is 0 Å². The number of hydrogen-bond donors (Lipinski definition) is 0. The van der Waals surface area contributed by atoms with Crippen LogP contribution in [0.5, 0.6) is 0 Å². The molecular formula is C13H11N. The first-order valence-electron chi connectivity index (χ1n) is 4.55. The van der Waals surface area contributed by atoms with Gasteiger partial charge in [-0.25, -0.2) is 0 Å². The van der Waals surface area contributed by atoms with E-state index >= 15 is 0 Å². The molecule has 0 radical (unpaired) electrons. The lowest BCUT2D eigenvalue weighted by Crippen LogP contribution is -1.88. The van der Waals surface area contributed by atoms with Gasteiger partial charge in [-0.05, 0) is 17.2 Å². The Bertz CT molecular complexity index is 446. The molecule has 0 unspecified atom stereocenters. The first-order valence-corrected chi connectivity index (χ1v) is 4.55. The van der Waals surface area contributed by atoms with Crippen LogP contribution in [-0.2, 0) is 6.54 Å². The third-order valence-electron chi connectivity index (χ3n) is 2.13. The zero-order valence-electron chi connectivity index (χ0n) is 7.85. The van der Waals surface area contributed by atoms with Gasteiger partial charge in [0.1, 0.15) is 0 Å². The van der Waals surface area contributed by atoms with E-state index in [1.807, 2.05) is 29.0 Å². The Hall–Kier alpha value is -1.94. The van der Waals surface area contributed by atoms with Crippen LogP contribution in [0.3, 0.4) is 0 Å². The van der Waals surface area contributed by atoms with Crippen LogP contribution >= 0.6 is 0 Å². The largest absolute Gasteiger partial charge is 0.342 e. The quantitative estimate of drug-likeness (QED) is 0.628. The van der Waals surface area contributed by atoms with Crippen molar-refractivity contribution in [2.24, 2.45) is 0 Å². The van der Waals surface area contributed by atoms with E-state index in [0.29, 0.717) is 6.54 Å². The van der Waals surface area contributed by atoms with Crippen LogP contribution in [0.25, 0.3) is 11.1 Å². The standard InChI is InChI=1S/C13H11N/c1-2-9-14-10-8-13(11-14)12-6-4-3-5-7-12/h1,3-8,10-11H,9H2. The average Bonchev–Trinajstić information content (AvgIpc) is 2.68. The van der Waals surface area contributed by atoms with Gasteiger partial charge < -0.3 is 4.57 Å². The van der Waals surface area contributed by atoms with E-state index in [4.69, 9.17) is 6.42 Å². The topological polar surface area (TPSA) is 4.93 Å². The van der Waals surface area contributed by atoms with Crippen LogP contribution < -0.4 is 0 Å². The number of hydrogen-bond acceptors (Lipinski definition) is 0. The van der Waals surface area contributed by atoms with Crippen molar-refractivity contribution in [1.82, 2.24) is 4.57 Å². The highest BCUT2D eigenvalue weighted by atomic mass is 14.9. The Labute approximate surface area is 84.0 Å². The predicted octanol–water partition coefficient (Wildman–Crippen LogP) is 2.79. The van der Waals surface area contributed by atoms with Crippen LogP contribution in [0, 0.1) is 12.3 Å². The second-order valence-corrected chi connectivity index (χ2v) is 3.14. The zero-order valence-corrected chi connectivity index (χ0v) is 7.85. The molecule has 0 saturated carbocycles. The third-order valence-corrected chi connectivity index (χ3v) is 2.13.